The number of piperidine rings is 1. The first-order chi connectivity index (χ1) is 15.2. The van der Waals surface area contributed by atoms with Crippen LogP contribution >= 0.6 is 0 Å². The Morgan fingerprint density at radius 3 is 2.77 bits per heavy atom. The van der Waals surface area contributed by atoms with E-state index in [0.717, 1.165) is 55.9 Å². The normalized spacial score (nSPS) is 18.6. The minimum Gasteiger partial charge on any atom is -0.497 e. The third kappa shape index (κ3) is 4.19. The number of carbonyl (C=O) groups excluding carboxylic acids is 1. The molecule has 1 aromatic carbocycles. The van der Waals surface area contributed by atoms with Gasteiger partial charge in [0.2, 0.25) is 5.91 Å². The predicted octanol–water partition coefficient (Wildman–Crippen LogP) is 4.31. The van der Waals surface area contributed by atoms with Crippen LogP contribution in [0.5, 0.6) is 5.75 Å². The average Bonchev–Trinajstić information content (AvgIpc) is 3.54. The number of fused-ring (bicyclic) bond motifs is 1. The van der Waals surface area contributed by atoms with Crippen LogP contribution in [0, 0.1) is 0 Å². The second-order valence-corrected chi connectivity index (χ2v) is 8.85. The lowest BCUT2D eigenvalue weighted by Crippen LogP contribution is -2.39. The Kier molecular flexibility index (Phi) is 5.68. The fourth-order valence-corrected chi connectivity index (χ4v) is 5.23. The van der Waals surface area contributed by atoms with Crippen LogP contribution < -0.4 is 10.1 Å². The van der Waals surface area contributed by atoms with Crippen molar-refractivity contribution < 1.29 is 9.53 Å². The molecule has 3 heterocycles. The Morgan fingerprint density at radius 1 is 1.19 bits per heavy atom. The van der Waals surface area contributed by atoms with E-state index < -0.39 is 0 Å². The molecule has 164 valence electrons. The number of carbonyl (C=O) groups is 1. The lowest BCUT2D eigenvalue weighted by molar-refractivity contribution is -0.117. The second-order valence-electron chi connectivity index (χ2n) is 8.85. The largest absolute Gasteiger partial charge is 0.497 e. The third-order valence-corrected chi connectivity index (χ3v) is 6.92. The fraction of sp³-hybridized carbons (Fsp3) is 0.500. The maximum absolute atomic E-state index is 12.7. The van der Waals surface area contributed by atoms with E-state index in [9.17, 15) is 4.79 Å². The number of nitrogens with zero attached hydrogens (tertiary/aromatic N) is 3. The molecule has 0 radical (unpaired) electrons. The quantitative estimate of drug-likeness (QED) is 0.622. The molecule has 5 rings (SSSR count). The van der Waals surface area contributed by atoms with Gasteiger partial charge in [0.05, 0.1) is 25.9 Å². The van der Waals surface area contributed by atoms with Crippen molar-refractivity contribution in [3.63, 3.8) is 0 Å². The number of hydrogen-bond acceptors (Lipinski definition) is 4. The summed E-state index contributed by atoms with van der Waals surface area (Å²) in [6, 6.07) is 8.52. The number of hydrogen-bond donors (Lipinski definition) is 2. The van der Waals surface area contributed by atoms with E-state index >= 15 is 0 Å². The molecule has 1 saturated heterocycles. The summed E-state index contributed by atoms with van der Waals surface area (Å²) in [4.78, 5) is 18.3. The van der Waals surface area contributed by atoms with E-state index in [4.69, 9.17) is 4.74 Å². The van der Waals surface area contributed by atoms with Crippen LogP contribution in [0.25, 0.3) is 10.9 Å². The molecule has 2 fully saturated rings. The number of aromatic nitrogens is 3. The number of methoxy groups -OCH3 is 1. The maximum atomic E-state index is 12.7. The van der Waals surface area contributed by atoms with E-state index in [2.05, 4.69) is 38.6 Å². The smallest absolute Gasteiger partial charge is 0.239 e. The van der Waals surface area contributed by atoms with Gasteiger partial charge in [-0.1, -0.05) is 12.8 Å². The Labute approximate surface area is 182 Å². The molecule has 31 heavy (non-hydrogen) atoms. The molecule has 1 saturated carbocycles. The molecular formula is C24H31N5O2. The van der Waals surface area contributed by atoms with Gasteiger partial charge in [0.1, 0.15) is 11.6 Å². The first kappa shape index (κ1) is 20.1. The van der Waals surface area contributed by atoms with E-state index in [0.29, 0.717) is 18.5 Å². The zero-order valence-corrected chi connectivity index (χ0v) is 18.1. The summed E-state index contributed by atoms with van der Waals surface area (Å²) in [5.74, 6) is 2.28. The molecule has 3 aromatic rings. The SMILES string of the molecule is COc1ccc2[nH]cc(C3CCN(CC(=O)Nc4ccnn4C4CCCC4)CC3)c2c1. The third-order valence-electron chi connectivity index (χ3n) is 6.92. The van der Waals surface area contributed by atoms with Crippen molar-refractivity contribution in [2.75, 3.05) is 32.1 Å². The Hall–Kier alpha value is -2.80. The van der Waals surface area contributed by atoms with Crippen LogP contribution in [-0.2, 0) is 4.79 Å². The van der Waals surface area contributed by atoms with Crippen molar-refractivity contribution in [3.05, 3.63) is 42.2 Å². The molecule has 1 amide bonds. The molecule has 7 nitrogen and oxygen atoms in total. The van der Waals surface area contributed by atoms with Crippen LogP contribution in [-0.4, -0.2) is 52.3 Å². The van der Waals surface area contributed by atoms with Crippen molar-refractivity contribution >= 4 is 22.6 Å². The maximum Gasteiger partial charge on any atom is 0.239 e. The van der Waals surface area contributed by atoms with Gasteiger partial charge in [-0.3, -0.25) is 9.69 Å². The summed E-state index contributed by atoms with van der Waals surface area (Å²) in [5, 5.41) is 8.79. The standard InChI is InChI=1S/C24H31N5O2/c1-31-19-6-7-22-20(14-19)21(15-25-22)17-9-12-28(13-10-17)16-24(30)27-23-8-11-26-29(23)18-4-2-3-5-18/h6-8,11,14-15,17-18,25H,2-5,9-10,12-13,16H2,1H3,(H,27,30). The van der Waals surface area contributed by atoms with Crippen molar-refractivity contribution in [3.8, 4) is 5.75 Å². The number of aromatic amines is 1. The summed E-state index contributed by atoms with van der Waals surface area (Å²) in [6.45, 7) is 2.29. The van der Waals surface area contributed by atoms with Crippen molar-refractivity contribution in [2.24, 2.45) is 0 Å². The molecule has 7 heteroatoms. The number of rotatable bonds is 6. The molecule has 0 spiro atoms. The Balaban J connectivity index is 1.17. The highest BCUT2D eigenvalue weighted by Crippen LogP contribution is 2.35. The van der Waals surface area contributed by atoms with Gasteiger partial charge in [0.15, 0.2) is 0 Å². The molecular weight excluding hydrogens is 390 g/mol. The zero-order chi connectivity index (χ0) is 21.2. The summed E-state index contributed by atoms with van der Waals surface area (Å²) in [7, 11) is 1.71. The average molecular weight is 422 g/mol. The lowest BCUT2D eigenvalue weighted by Gasteiger charge is -2.31. The van der Waals surface area contributed by atoms with Gasteiger partial charge < -0.3 is 15.0 Å². The van der Waals surface area contributed by atoms with Crippen LogP contribution in [0.15, 0.2) is 36.7 Å². The molecule has 0 unspecified atom stereocenters. The summed E-state index contributed by atoms with van der Waals surface area (Å²) in [5.41, 5.74) is 2.51. The van der Waals surface area contributed by atoms with Gasteiger partial charge >= 0.3 is 0 Å². The van der Waals surface area contributed by atoms with Crippen LogP contribution in [0.2, 0.25) is 0 Å². The molecule has 2 N–H and O–H groups in total. The molecule has 1 aliphatic carbocycles. The van der Waals surface area contributed by atoms with Crippen molar-refractivity contribution in [2.45, 2.75) is 50.5 Å². The Morgan fingerprint density at radius 2 is 2.00 bits per heavy atom. The predicted molar refractivity (Wildman–Crippen MR) is 122 cm³/mol. The van der Waals surface area contributed by atoms with Crippen molar-refractivity contribution in [1.29, 1.82) is 0 Å². The van der Waals surface area contributed by atoms with Gasteiger partial charge in [-0.25, -0.2) is 4.68 Å². The van der Waals surface area contributed by atoms with Crippen LogP contribution in [0.1, 0.15) is 56.0 Å². The number of ether oxygens (including phenoxy) is 1. The van der Waals surface area contributed by atoms with Crippen LogP contribution in [0.3, 0.4) is 0 Å². The minimum atomic E-state index is 0.0510. The number of likely N-dealkylation sites (tertiary alicyclic amines) is 1. The molecule has 0 atom stereocenters. The minimum absolute atomic E-state index is 0.0510. The molecule has 2 aliphatic rings. The monoisotopic (exact) mass is 421 g/mol. The van der Waals surface area contributed by atoms with Gasteiger partial charge in [-0.05, 0) is 68.5 Å². The second kappa shape index (κ2) is 8.75. The highest BCUT2D eigenvalue weighted by atomic mass is 16.5. The van der Waals surface area contributed by atoms with Crippen LogP contribution in [0.4, 0.5) is 5.82 Å². The lowest BCUT2D eigenvalue weighted by atomic mass is 9.89. The molecule has 2 aromatic heterocycles. The zero-order valence-electron chi connectivity index (χ0n) is 18.1. The van der Waals surface area contributed by atoms with Gasteiger partial charge in [-0.2, -0.15) is 5.10 Å². The number of H-pyrrole nitrogens is 1. The van der Waals surface area contributed by atoms with E-state index in [1.165, 1.54) is 23.8 Å². The number of nitrogens with one attached hydrogen (secondary N) is 2. The number of amides is 1. The van der Waals surface area contributed by atoms with Gasteiger partial charge in [0.25, 0.3) is 0 Å². The van der Waals surface area contributed by atoms with Gasteiger partial charge in [-0.15, -0.1) is 0 Å². The van der Waals surface area contributed by atoms with Crippen molar-refractivity contribution in [1.82, 2.24) is 19.7 Å². The summed E-state index contributed by atoms with van der Waals surface area (Å²) >= 11 is 0. The first-order valence-electron chi connectivity index (χ1n) is 11.4. The first-order valence-corrected chi connectivity index (χ1v) is 11.4. The van der Waals surface area contributed by atoms with Gasteiger partial charge in [0, 0.05) is 23.2 Å². The summed E-state index contributed by atoms with van der Waals surface area (Å²) in [6.07, 6.45) is 10.8. The van der Waals surface area contributed by atoms with E-state index in [1.807, 2.05) is 16.8 Å². The highest BCUT2D eigenvalue weighted by Gasteiger charge is 2.25. The molecule has 1 aliphatic heterocycles. The van der Waals surface area contributed by atoms with E-state index in [-0.39, 0.29) is 5.91 Å². The fourth-order valence-electron chi connectivity index (χ4n) is 5.23. The topological polar surface area (TPSA) is 75.2 Å². The van der Waals surface area contributed by atoms with E-state index in [1.54, 1.807) is 13.3 Å². The summed E-state index contributed by atoms with van der Waals surface area (Å²) < 4.78 is 7.41. The highest BCUT2D eigenvalue weighted by molar-refractivity contribution is 5.91. The number of anilines is 1. The number of benzene rings is 1. The molecule has 0 bridgehead atoms. The Bertz CT molecular complexity index is 1040.